The third-order valence-corrected chi connectivity index (χ3v) is 13.1. The molecule has 0 aromatic carbocycles. The van der Waals surface area contributed by atoms with Crippen LogP contribution in [0.4, 0.5) is 0 Å². The average molecular weight is 845 g/mol. The Labute approximate surface area is 360 Å². The van der Waals surface area contributed by atoms with Crippen molar-refractivity contribution in [2.24, 2.45) is 47.3 Å². The first kappa shape index (κ1) is 57.2. The van der Waals surface area contributed by atoms with E-state index in [1.807, 2.05) is 21.1 Å². The summed E-state index contributed by atoms with van der Waals surface area (Å²) in [6.45, 7) is 23.3. The number of rotatable bonds is 39. The molecule has 8 nitrogen and oxygen atoms in total. The highest BCUT2D eigenvalue weighted by Gasteiger charge is 2.27. The number of likely N-dealkylation sites (N-methyl/N-ethyl adjacent to an activating group) is 1. The van der Waals surface area contributed by atoms with Gasteiger partial charge in [0.05, 0.1) is 27.7 Å². The molecule has 0 saturated heterocycles. The Bertz CT molecular complexity index is 1080. The fraction of sp³-hybridized carbons (Fsp3) is 0.959. The van der Waals surface area contributed by atoms with Gasteiger partial charge in [-0.05, 0) is 53.8 Å². The van der Waals surface area contributed by atoms with Crippen LogP contribution in [0, 0.1) is 47.3 Å². The number of Topliss-reactive ketones (excluding diaryl/α,β-unsaturated/α-hetero) is 1. The first-order chi connectivity index (χ1) is 27.1. The van der Waals surface area contributed by atoms with Gasteiger partial charge in [0.1, 0.15) is 25.0 Å². The van der Waals surface area contributed by atoms with Gasteiger partial charge in [0, 0.05) is 19.3 Å². The van der Waals surface area contributed by atoms with Gasteiger partial charge >= 0.3 is 13.8 Å². The molecular formula is C49H99NO7P+. The second-order valence-electron chi connectivity index (χ2n) is 21.2. The molecular weight excluding hydrogens is 746 g/mol. The highest BCUT2D eigenvalue weighted by atomic mass is 31.2. The van der Waals surface area contributed by atoms with Crippen LogP contribution in [0.3, 0.4) is 0 Å². The topological polar surface area (TPSA) is 99.1 Å². The van der Waals surface area contributed by atoms with Gasteiger partial charge in [-0.1, -0.05) is 185 Å². The van der Waals surface area contributed by atoms with Crippen LogP contribution in [0.1, 0.15) is 210 Å². The van der Waals surface area contributed by atoms with Gasteiger partial charge in [-0.2, -0.15) is 0 Å². The van der Waals surface area contributed by atoms with Crippen molar-refractivity contribution in [1.29, 1.82) is 0 Å². The van der Waals surface area contributed by atoms with E-state index < -0.39 is 13.9 Å². The van der Waals surface area contributed by atoms with Gasteiger partial charge in [0.2, 0.25) is 0 Å². The second kappa shape index (κ2) is 32.9. The van der Waals surface area contributed by atoms with Crippen LogP contribution in [0.5, 0.6) is 0 Å². The number of quaternary nitrogens is 1. The van der Waals surface area contributed by atoms with Crippen LogP contribution in [0.2, 0.25) is 0 Å². The van der Waals surface area contributed by atoms with E-state index >= 15 is 0 Å². The zero-order chi connectivity index (χ0) is 44.1. The van der Waals surface area contributed by atoms with Crippen LogP contribution in [0.15, 0.2) is 0 Å². The maximum absolute atomic E-state index is 13.1. The monoisotopic (exact) mass is 845 g/mol. The Kier molecular flexibility index (Phi) is 32.4. The molecule has 0 aliphatic heterocycles. The molecule has 346 valence electrons. The van der Waals surface area contributed by atoms with E-state index in [-0.39, 0.29) is 56.1 Å². The van der Waals surface area contributed by atoms with Crippen molar-refractivity contribution in [2.45, 2.75) is 217 Å². The smallest absolute Gasteiger partial charge is 0.460 e. The zero-order valence-electron chi connectivity index (χ0n) is 40.7. The van der Waals surface area contributed by atoms with E-state index in [9.17, 15) is 19.0 Å². The molecule has 0 spiro atoms. The summed E-state index contributed by atoms with van der Waals surface area (Å²) < 4.78 is 29.6. The minimum absolute atomic E-state index is 0.0579. The molecule has 8 atom stereocenters. The first-order valence-corrected chi connectivity index (χ1v) is 25.7. The summed E-state index contributed by atoms with van der Waals surface area (Å²) in [7, 11) is 1.56. The Morgan fingerprint density at radius 1 is 0.517 bits per heavy atom. The van der Waals surface area contributed by atoms with Crippen molar-refractivity contribution in [3.63, 3.8) is 0 Å². The number of hydrogen-bond donors (Lipinski definition) is 1. The Morgan fingerprint density at radius 2 is 0.879 bits per heavy atom. The number of nitrogens with zero attached hydrogens (tertiary/aromatic N) is 1. The lowest BCUT2D eigenvalue weighted by Crippen LogP contribution is -2.37. The number of hydrogen-bond acceptors (Lipinski definition) is 6. The normalized spacial score (nSPS) is 17.1. The molecule has 0 fully saturated rings. The second-order valence-corrected chi connectivity index (χ2v) is 22.7. The molecule has 0 rings (SSSR count). The van der Waals surface area contributed by atoms with Gasteiger partial charge in [0.25, 0.3) is 0 Å². The number of ether oxygens (including phenoxy) is 1. The molecule has 0 bridgehead atoms. The van der Waals surface area contributed by atoms with Crippen LogP contribution in [-0.2, 0) is 27.9 Å². The highest BCUT2D eigenvalue weighted by Crippen LogP contribution is 2.43. The van der Waals surface area contributed by atoms with Gasteiger partial charge in [-0.3, -0.25) is 18.6 Å². The highest BCUT2D eigenvalue weighted by molar-refractivity contribution is 7.47. The van der Waals surface area contributed by atoms with Crippen LogP contribution >= 0.6 is 7.82 Å². The molecule has 0 heterocycles. The molecule has 0 aromatic heterocycles. The minimum Gasteiger partial charge on any atom is -0.460 e. The van der Waals surface area contributed by atoms with Crippen molar-refractivity contribution in [1.82, 2.24) is 0 Å². The van der Waals surface area contributed by atoms with Gasteiger partial charge in [-0.15, -0.1) is 0 Å². The van der Waals surface area contributed by atoms with Crippen molar-refractivity contribution >= 4 is 19.6 Å². The molecule has 0 saturated carbocycles. The lowest BCUT2D eigenvalue weighted by atomic mass is 9.90. The Balaban J connectivity index is 4.82. The first-order valence-electron chi connectivity index (χ1n) is 24.2. The summed E-state index contributed by atoms with van der Waals surface area (Å²) in [6, 6.07) is 0. The summed E-state index contributed by atoms with van der Waals surface area (Å²) in [5.74, 6) is 4.83. The van der Waals surface area contributed by atoms with Crippen molar-refractivity contribution in [2.75, 3.05) is 40.9 Å². The predicted octanol–water partition coefficient (Wildman–Crippen LogP) is 14.0. The van der Waals surface area contributed by atoms with Crippen LogP contribution in [0.25, 0.3) is 0 Å². The van der Waals surface area contributed by atoms with E-state index in [0.717, 1.165) is 55.8 Å². The average Bonchev–Trinajstić information content (AvgIpc) is 3.08. The Hall–Kier alpha value is -0.790. The maximum Gasteiger partial charge on any atom is 0.472 e. The number of phosphoric acid groups is 1. The minimum atomic E-state index is -4.35. The summed E-state index contributed by atoms with van der Waals surface area (Å²) in [5.41, 5.74) is 0. The number of phosphoric ester groups is 1. The van der Waals surface area contributed by atoms with E-state index in [4.69, 9.17) is 13.8 Å². The number of esters is 1. The molecule has 0 aliphatic carbocycles. The fourth-order valence-corrected chi connectivity index (χ4v) is 8.68. The lowest BCUT2D eigenvalue weighted by Gasteiger charge is -2.24. The lowest BCUT2D eigenvalue weighted by molar-refractivity contribution is -0.870. The molecule has 0 amide bonds. The largest absolute Gasteiger partial charge is 0.472 e. The van der Waals surface area contributed by atoms with E-state index in [0.29, 0.717) is 29.3 Å². The molecule has 9 heteroatoms. The van der Waals surface area contributed by atoms with Crippen molar-refractivity contribution in [3.05, 3.63) is 0 Å². The standard InChI is InChI=1S/C49H98NO7P/c1-39(2)20-14-22-41(5)24-16-26-43(7)28-18-30-45(9)36-47(51)32-33-48(38-56-58(53,54)55-35-34-50(11,12)13)57-49(52)37-46(10)31-19-29-44(8)27-17-25-42(6)23-15-21-40(3)4/h39-46,48H,14-38H2,1-13H3/p+1/t41?,42?,43?,44?,45?,46?,48-/m1/s1. The fourth-order valence-electron chi connectivity index (χ4n) is 7.94. The number of carbonyl (C=O) groups excluding carboxylic acids is 2. The molecule has 0 aliphatic rings. The van der Waals surface area contributed by atoms with Crippen molar-refractivity contribution in [3.8, 4) is 0 Å². The SMILES string of the molecule is CC(C)CCCC(C)CCCC(C)CCCC(C)CC(=O)CC[C@H](COP(=O)(O)OCC[N+](C)(C)C)OC(=O)CC(C)CCCC(C)CCCC(C)CCCC(C)C. The third-order valence-electron chi connectivity index (χ3n) is 12.1. The summed E-state index contributed by atoms with van der Waals surface area (Å²) in [5, 5.41) is 0. The molecule has 58 heavy (non-hydrogen) atoms. The maximum atomic E-state index is 13.1. The Morgan fingerprint density at radius 3 is 1.26 bits per heavy atom. The van der Waals surface area contributed by atoms with Crippen LogP contribution in [-0.4, -0.2) is 68.1 Å². The molecule has 0 aromatic rings. The van der Waals surface area contributed by atoms with E-state index in [2.05, 4.69) is 69.2 Å². The van der Waals surface area contributed by atoms with E-state index in [1.54, 1.807) is 0 Å². The zero-order valence-corrected chi connectivity index (χ0v) is 41.6. The van der Waals surface area contributed by atoms with Crippen molar-refractivity contribution < 1.29 is 37.3 Å². The summed E-state index contributed by atoms with van der Waals surface area (Å²) in [6.07, 6.45) is 22.8. The molecule has 7 unspecified atom stereocenters. The van der Waals surface area contributed by atoms with Gasteiger partial charge in [-0.25, -0.2) is 4.57 Å². The number of ketones is 1. The molecule has 1 N–H and O–H groups in total. The molecule has 0 radical (unpaired) electrons. The number of carbonyl (C=O) groups is 2. The van der Waals surface area contributed by atoms with Crippen LogP contribution < -0.4 is 0 Å². The van der Waals surface area contributed by atoms with E-state index in [1.165, 1.54) is 83.5 Å². The summed E-state index contributed by atoms with van der Waals surface area (Å²) in [4.78, 5) is 36.6. The quantitative estimate of drug-likeness (QED) is 0.0374. The summed E-state index contributed by atoms with van der Waals surface area (Å²) >= 11 is 0. The third kappa shape index (κ3) is 37.0. The van der Waals surface area contributed by atoms with Gasteiger partial charge in [0.15, 0.2) is 0 Å². The predicted molar refractivity (Wildman–Crippen MR) is 246 cm³/mol. The van der Waals surface area contributed by atoms with Gasteiger partial charge < -0.3 is 14.1 Å².